The molecule has 2 aromatic heterocycles. The summed E-state index contributed by atoms with van der Waals surface area (Å²) in [5.41, 5.74) is 3.43. The Morgan fingerprint density at radius 2 is 2.11 bits per heavy atom. The summed E-state index contributed by atoms with van der Waals surface area (Å²) in [7, 11) is 0. The summed E-state index contributed by atoms with van der Waals surface area (Å²) in [6.07, 6.45) is 5.47. The van der Waals surface area contributed by atoms with Gasteiger partial charge in [0.25, 0.3) is 0 Å². The van der Waals surface area contributed by atoms with Crippen LogP contribution < -0.4 is 10.2 Å². The van der Waals surface area contributed by atoms with Gasteiger partial charge in [-0.15, -0.1) is 0 Å². The van der Waals surface area contributed by atoms with Crippen molar-refractivity contribution in [3.8, 4) is 6.07 Å². The molecule has 27 heavy (non-hydrogen) atoms. The van der Waals surface area contributed by atoms with Crippen molar-refractivity contribution in [3.05, 3.63) is 60.6 Å². The van der Waals surface area contributed by atoms with E-state index in [1.165, 1.54) is 0 Å². The summed E-state index contributed by atoms with van der Waals surface area (Å²) in [6, 6.07) is 14.0. The summed E-state index contributed by atoms with van der Waals surface area (Å²) in [5, 5.41) is 13.8. The molecule has 1 aromatic carbocycles. The van der Waals surface area contributed by atoms with Gasteiger partial charge in [-0.1, -0.05) is 0 Å². The summed E-state index contributed by atoms with van der Waals surface area (Å²) in [4.78, 5) is 10.9. The number of fused-ring (bicyclic) bond motifs is 1. The van der Waals surface area contributed by atoms with E-state index < -0.39 is 0 Å². The number of morpholine rings is 1. The molecule has 1 aliphatic rings. The van der Waals surface area contributed by atoms with Gasteiger partial charge in [-0.2, -0.15) is 5.26 Å². The second-order valence-corrected chi connectivity index (χ2v) is 6.74. The van der Waals surface area contributed by atoms with Gasteiger partial charge in [0, 0.05) is 49.3 Å². The van der Waals surface area contributed by atoms with Gasteiger partial charge in [0.15, 0.2) is 0 Å². The first-order chi connectivity index (χ1) is 13.2. The van der Waals surface area contributed by atoms with Crippen molar-refractivity contribution in [3.63, 3.8) is 0 Å². The summed E-state index contributed by atoms with van der Waals surface area (Å²) in [5.74, 6) is 0. The summed E-state index contributed by atoms with van der Waals surface area (Å²) in [6.45, 7) is 4.37. The van der Waals surface area contributed by atoms with Crippen molar-refractivity contribution in [2.75, 3.05) is 29.9 Å². The molecule has 6 heteroatoms. The van der Waals surface area contributed by atoms with E-state index in [9.17, 15) is 5.26 Å². The number of nitrogens with one attached hydrogen (secondary N) is 1. The number of benzene rings is 1. The van der Waals surface area contributed by atoms with Crippen LogP contribution >= 0.6 is 0 Å². The minimum absolute atomic E-state index is 0.0521. The van der Waals surface area contributed by atoms with Crippen molar-refractivity contribution in [1.82, 2.24) is 9.97 Å². The first-order valence-corrected chi connectivity index (χ1v) is 9.06. The molecule has 0 saturated carbocycles. The highest BCUT2D eigenvalue weighted by Crippen LogP contribution is 2.30. The van der Waals surface area contributed by atoms with Gasteiger partial charge >= 0.3 is 0 Å². The van der Waals surface area contributed by atoms with Crippen LogP contribution in [0.2, 0.25) is 0 Å². The van der Waals surface area contributed by atoms with E-state index in [-0.39, 0.29) is 12.2 Å². The van der Waals surface area contributed by atoms with E-state index >= 15 is 0 Å². The maximum atomic E-state index is 9.36. The predicted molar refractivity (Wildman–Crippen MR) is 106 cm³/mol. The van der Waals surface area contributed by atoms with Gasteiger partial charge in [0.1, 0.15) is 6.07 Å². The lowest BCUT2D eigenvalue weighted by Gasteiger charge is -2.39. The van der Waals surface area contributed by atoms with Gasteiger partial charge in [-0.05, 0) is 43.3 Å². The fourth-order valence-corrected chi connectivity index (χ4v) is 3.58. The normalized spacial score (nSPS) is 19.6. The molecule has 6 nitrogen and oxygen atoms in total. The molecule has 2 unspecified atom stereocenters. The number of pyridine rings is 2. The highest BCUT2D eigenvalue weighted by molar-refractivity contribution is 5.95. The quantitative estimate of drug-likeness (QED) is 0.771. The number of hydrogen-bond donors (Lipinski definition) is 1. The fourth-order valence-electron chi connectivity index (χ4n) is 3.58. The molecule has 0 aliphatic carbocycles. The van der Waals surface area contributed by atoms with Crippen LogP contribution in [0, 0.1) is 11.3 Å². The van der Waals surface area contributed by atoms with Crippen LogP contribution in [0.25, 0.3) is 10.9 Å². The molecule has 1 aliphatic heterocycles. The molecule has 136 valence electrons. The average Bonchev–Trinajstić information content (AvgIpc) is 2.72. The lowest BCUT2D eigenvalue weighted by atomic mass is 10.1. The Kier molecular flexibility index (Phi) is 4.86. The zero-order valence-electron chi connectivity index (χ0n) is 15.2. The fraction of sp³-hybridized carbons (Fsp3) is 0.286. The Labute approximate surface area is 158 Å². The van der Waals surface area contributed by atoms with E-state index in [4.69, 9.17) is 4.74 Å². The monoisotopic (exact) mass is 359 g/mol. The molecule has 0 bridgehead atoms. The Hall–Kier alpha value is -3.17. The Bertz CT molecular complexity index is 969. The maximum absolute atomic E-state index is 9.36. The standard InChI is InChI=1S/C21H21N5O/c1-15-13-26(14-18(27-15)12-25-17-4-2-8-23-11-17)20-7-6-16(10-22)21-19(20)5-3-9-24-21/h2-9,11,15,18,25H,12-14H2,1H3. The third-order valence-corrected chi connectivity index (χ3v) is 4.73. The van der Waals surface area contributed by atoms with E-state index in [1.54, 1.807) is 12.4 Å². The lowest BCUT2D eigenvalue weighted by molar-refractivity contribution is -0.00820. The van der Waals surface area contributed by atoms with Crippen LogP contribution in [-0.2, 0) is 4.74 Å². The Morgan fingerprint density at radius 1 is 1.22 bits per heavy atom. The number of anilines is 2. The zero-order chi connectivity index (χ0) is 18.6. The molecule has 0 spiro atoms. The second kappa shape index (κ2) is 7.60. The predicted octanol–water partition coefficient (Wildman–Crippen LogP) is 3.21. The third-order valence-electron chi connectivity index (χ3n) is 4.73. The van der Waals surface area contributed by atoms with Gasteiger partial charge in [0.2, 0.25) is 0 Å². The van der Waals surface area contributed by atoms with Crippen LogP contribution in [0.4, 0.5) is 11.4 Å². The molecule has 1 saturated heterocycles. The first kappa shape index (κ1) is 17.3. The first-order valence-electron chi connectivity index (χ1n) is 9.06. The molecule has 1 fully saturated rings. The smallest absolute Gasteiger partial charge is 0.101 e. The van der Waals surface area contributed by atoms with Gasteiger partial charge in [0.05, 0.1) is 29.0 Å². The van der Waals surface area contributed by atoms with Crippen molar-refractivity contribution in [1.29, 1.82) is 5.26 Å². The van der Waals surface area contributed by atoms with E-state index in [0.29, 0.717) is 12.1 Å². The topological polar surface area (TPSA) is 74.1 Å². The minimum Gasteiger partial charge on any atom is -0.381 e. The van der Waals surface area contributed by atoms with Crippen LogP contribution in [0.3, 0.4) is 0 Å². The number of nitrogens with zero attached hydrogens (tertiary/aromatic N) is 4. The molecule has 2 atom stereocenters. The maximum Gasteiger partial charge on any atom is 0.101 e. The highest BCUT2D eigenvalue weighted by atomic mass is 16.5. The van der Waals surface area contributed by atoms with Gasteiger partial charge in [-0.3, -0.25) is 9.97 Å². The molecule has 3 aromatic rings. The highest BCUT2D eigenvalue weighted by Gasteiger charge is 2.26. The van der Waals surface area contributed by atoms with E-state index in [2.05, 4.69) is 33.2 Å². The van der Waals surface area contributed by atoms with Crippen LogP contribution in [0.15, 0.2) is 55.0 Å². The van der Waals surface area contributed by atoms with E-state index in [1.807, 2.05) is 42.6 Å². The lowest BCUT2D eigenvalue weighted by Crippen LogP contribution is -2.49. The number of rotatable bonds is 4. The van der Waals surface area contributed by atoms with Crippen LogP contribution in [0.1, 0.15) is 12.5 Å². The van der Waals surface area contributed by atoms with Crippen molar-refractivity contribution >= 4 is 22.3 Å². The SMILES string of the molecule is CC1CN(c2ccc(C#N)c3ncccc23)CC(CNc2cccnc2)O1. The third kappa shape index (κ3) is 3.69. The number of hydrogen-bond acceptors (Lipinski definition) is 6. The van der Waals surface area contributed by atoms with Crippen molar-refractivity contribution < 1.29 is 4.74 Å². The molecular weight excluding hydrogens is 338 g/mol. The number of nitriles is 1. The van der Waals surface area contributed by atoms with E-state index in [0.717, 1.165) is 35.4 Å². The summed E-state index contributed by atoms with van der Waals surface area (Å²) < 4.78 is 6.12. The van der Waals surface area contributed by atoms with Crippen LogP contribution in [0.5, 0.6) is 0 Å². The minimum atomic E-state index is 0.0521. The van der Waals surface area contributed by atoms with Crippen LogP contribution in [-0.4, -0.2) is 41.8 Å². The molecule has 0 radical (unpaired) electrons. The molecule has 1 N–H and O–H groups in total. The molecule has 4 rings (SSSR count). The van der Waals surface area contributed by atoms with Crippen molar-refractivity contribution in [2.24, 2.45) is 0 Å². The largest absolute Gasteiger partial charge is 0.381 e. The number of ether oxygens (including phenoxy) is 1. The molecule has 0 amide bonds. The Morgan fingerprint density at radius 3 is 2.93 bits per heavy atom. The zero-order valence-corrected chi connectivity index (χ0v) is 15.2. The number of aromatic nitrogens is 2. The average molecular weight is 359 g/mol. The second-order valence-electron chi connectivity index (χ2n) is 6.74. The van der Waals surface area contributed by atoms with Gasteiger partial charge < -0.3 is 15.0 Å². The van der Waals surface area contributed by atoms with Crippen molar-refractivity contribution in [2.45, 2.75) is 19.1 Å². The molecule has 3 heterocycles. The van der Waals surface area contributed by atoms with Gasteiger partial charge in [-0.25, -0.2) is 0 Å². The molecular formula is C21H21N5O. The summed E-state index contributed by atoms with van der Waals surface area (Å²) >= 11 is 0. The Balaban J connectivity index is 1.57.